The molecule has 0 aliphatic heterocycles. The number of benzene rings is 1. The SMILES string of the molecule is C=CCN(CC=C)c1cc(CNCC(=O)O)ccc1F. The molecule has 0 unspecified atom stereocenters. The van der Waals surface area contributed by atoms with Crippen LogP contribution in [0.15, 0.2) is 43.5 Å². The van der Waals surface area contributed by atoms with E-state index < -0.39 is 5.97 Å². The highest BCUT2D eigenvalue weighted by Crippen LogP contribution is 2.21. The molecule has 0 aliphatic rings. The summed E-state index contributed by atoms with van der Waals surface area (Å²) in [5.74, 6) is -1.25. The summed E-state index contributed by atoms with van der Waals surface area (Å²) in [5, 5.41) is 11.3. The summed E-state index contributed by atoms with van der Waals surface area (Å²) >= 11 is 0. The Labute approximate surface area is 118 Å². The van der Waals surface area contributed by atoms with Crippen molar-refractivity contribution in [3.05, 3.63) is 54.9 Å². The van der Waals surface area contributed by atoms with Crippen molar-refractivity contribution in [3.8, 4) is 0 Å². The van der Waals surface area contributed by atoms with Gasteiger partial charge in [-0.05, 0) is 17.7 Å². The van der Waals surface area contributed by atoms with E-state index in [0.29, 0.717) is 25.3 Å². The fourth-order valence-electron chi connectivity index (χ4n) is 1.81. The Balaban J connectivity index is 2.85. The lowest BCUT2D eigenvalue weighted by Crippen LogP contribution is -2.25. The molecule has 0 aliphatic carbocycles. The topological polar surface area (TPSA) is 52.6 Å². The molecular weight excluding hydrogens is 259 g/mol. The minimum Gasteiger partial charge on any atom is -0.480 e. The third-order valence-electron chi connectivity index (χ3n) is 2.66. The van der Waals surface area contributed by atoms with Crippen LogP contribution in [-0.4, -0.2) is 30.7 Å². The lowest BCUT2D eigenvalue weighted by atomic mass is 10.1. The summed E-state index contributed by atoms with van der Waals surface area (Å²) in [6.07, 6.45) is 3.39. The fourth-order valence-corrected chi connectivity index (χ4v) is 1.81. The van der Waals surface area contributed by atoms with Gasteiger partial charge in [-0.3, -0.25) is 4.79 Å². The highest BCUT2D eigenvalue weighted by Gasteiger charge is 2.10. The zero-order valence-corrected chi connectivity index (χ0v) is 11.3. The van der Waals surface area contributed by atoms with Gasteiger partial charge < -0.3 is 15.3 Å². The maximum Gasteiger partial charge on any atom is 0.317 e. The maximum absolute atomic E-state index is 13.9. The first-order valence-corrected chi connectivity index (χ1v) is 6.26. The van der Waals surface area contributed by atoms with Crippen molar-refractivity contribution in [1.29, 1.82) is 0 Å². The number of nitrogens with zero attached hydrogens (tertiary/aromatic N) is 1. The van der Waals surface area contributed by atoms with Gasteiger partial charge in [-0.15, -0.1) is 13.2 Å². The quantitative estimate of drug-likeness (QED) is 0.680. The first-order chi connectivity index (χ1) is 9.58. The molecule has 108 valence electrons. The molecule has 2 N–H and O–H groups in total. The van der Waals surface area contributed by atoms with E-state index in [9.17, 15) is 9.18 Å². The molecule has 1 aromatic carbocycles. The summed E-state index contributed by atoms with van der Waals surface area (Å²) in [4.78, 5) is 12.2. The Hall–Kier alpha value is -2.14. The number of hydrogen-bond donors (Lipinski definition) is 2. The minimum atomic E-state index is -0.924. The van der Waals surface area contributed by atoms with Crippen molar-refractivity contribution in [1.82, 2.24) is 5.32 Å². The van der Waals surface area contributed by atoms with Crippen LogP contribution in [0.4, 0.5) is 10.1 Å². The van der Waals surface area contributed by atoms with E-state index in [1.165, 1.54) is 6.07 Å². The number of nitrogens with one attached hydrogen (secondary N) is 1. The van der Waals surface area contributed by atoms with E-state index in [1.54, 1.807) is 29.2 Å². The van der Waals surface area contributed by atoms with Crippen LogP contribution in [0.1, 0.15) is 5.56 Å². The van der Waals surface area contributed by atoms with E-state index in [1.807, 2.05) is 0 Å². The van der Waals surface area contributed by atoms with Crippen LogP contribution in [0, 0.1) is 5.82 Å². The Morgan fingerprint density at radius 3 is 2.55 bits per heavy atom. The second-order valence-corrected chi connectivity index (χ2v) is 4.27. The summed E-state index contributed by atoms with van der Waals surface area (Å²) < 4.78 is 13.9. The molecule has 0 spiro atoms. The third-order valence-corrected chi connectivity index (χ3v) is 2.66. The van der Waals surface area contributed by atoms with Crippen molar-refractivity contribution in [2.45, 2.75) is 6.54 Å². The van der Waals surface area contributed by atoms with E-state index in [2.05, 4.69) is 18.5 Å². The van der Waals surface area contributed by atoms with Crippen molar-refractivity contribution in [3.63, 3.8) is 0 Å². The molecule has 0 fully saturated rings. The predicted molar refractivity (Wildman–Crippen MR) is 78.3 cm³/mol. The van der Waals surface area contributed by atoms with Gasteiger partial charge in [0.15, 0.2) is 0 Å². The van der Waals surface area contributed by atoms with Crippen LogP contribution >= 0.6 is 0 Å². The molecular formula is C15H19FN2O2. The zero-order chi connectivity index (χ0) is 15.0. The normalized spacial score (nSPS) is 10.1. The molecule has 4 nitrogen and oxygen atoms in total. The Kier molecular flexibility index (Phi) is 6.46. The van der Waals surface area contributed by atoms with Crippen LogP contribution in [0.25, 0.3) is 0 Å². The van der Waals surface area contributed by atoms with Crippen LogP contribution in [0.3, 0.4) is 0 Å². The van der Waals surface area contributed by atoms with Crippen LogP contribution in [0.5, 0.6) is 0 Å². The molecule has 1 rings (SSSR count). The monoisotopic (exact) mass is 278 g/mol. The zero-order valence-electron chi connectivity index (χ0n) is 11.3. The van der Waals surface area contributed by atoms with Crippen molar-refractivity contribution < 1.29 is 14.3 Å². The van der Waals surface area contributed by atoms with E-state index in [4.69, 9.17) is 5.11 Å². The summed E-state index contributed by atoms with van der Waals surface area (Å²) in [5.41, 5.74) is 1.28. The molecule has 20 heavy (non-hydrogen) atoms. The van der Waals surface area contributed by atoms with Crippen LogP contribution < -0.4 is 10.2 Å². The molecule has 0 amide bonds. The third kappa shape index (κ3) is 4.85. The number of aliphatic carboxylic acids is 1. The number of halogens is 1. The molecule has 0 aromatic heterocycles. The van der Waals surface area contributed by atoms with Gasteiger partial charge >= 0.3 is 5.97 Å². The Bertz CT molecular complexity index is 479. The van der Waals surface area contributed by atoms with Crippen LogP contribution in [0.2, 0.25) is 0 Å². The highest BCUT2D eigenvalue weighted by atomic mass is 19.1. The molecule has 5 heteroatoms. The van der Waals surface area contributed by atoms with Gasteiger partial charge in [-0.2, -0.15) is 0 Å². The molecule has 0 radical (unpaired) electrons. The van der Waals surface area contributed by atoms with Gasteiger partial charge in [0, 0.05) is 19.6 Å². The summed E-state index contributed by atoms with van der Waals surface area (Å²) in [7, 11) is 0. The van der Waals surface area contributed by atoms with E-state index in [0.717, 1.165) is 5.56 Å². The first-order valence-electron chi connectivity index (χ1n) is 6.26. The number of carboxylic acids is 1. The van der Waals surface area contributed by atoms with E-state index >= 15 is 0 Å². The number of hydrogen-bond acceptors (Lipinski definition) is 3. The average Bonchev–Trinajstić information content (AvgIpc) is 2.40. The molecule has 0 atom stereocenters. The van der Waals surface area contributed by atoms with Crippen molar-refractivity contribution >= 4 is 11.7 Å². The van der Waals surface area contributed by atoms with E-state index in [-0.39, 0.29) is 12.4 Å². The first kappa shape index (κ1) is 15.9. The van der Waals surface area contributed by atoms with Gasteiger partial charge in [-0.1, -0.05) is 18.2 Å². The lowest BCUT2D eigenvalue weighted by Gasteiger charge is -2.23. The van der Waals surface area contributed by atoms with Gasteiger partial charge in [0.25, 0.3) is 0 Å². The molecule has 0 bridgehead atoms. The molecule has 0 saturated carbocycles. The highest BCUT2D eigenvalue weighted by molar-refractivity contribution is 5.69. The number of rotatable bonds is 9. The number of carboxylic acid groups (broad SMARTS) is 1. The standard InChI is InChI=1S/C15H19FN2O2/c1-3-7-18(8-4-2)14-9-12(5-6-13(14)16)10-17-11-15(19)20/h3-6,9,17H,1-2,7-8,10-11H2,(H,19,20). The lowest BCUT2D eigenvalue weighted by molar-refractivity contribution is -0.135. The van der Waals surface area contributed by atoms with Crippen molar-refractivity contribution in [2.24, 2.45) is 0 Å². The maximum atomic E-state index is 13.9. The fraction of sp³-hybridized carbons (Fsp3) is 0.267. The summed E-state index contributed by atoms with van der Waals surface area (Å²) in [6, 6.07) is 4.72. The smallest absolute Gasteiger partial charge is 0.317 e. The second-order valence-electron chi connectivity index (χ2n) is 4.27. The van der Waals surface area contributed by atoms with Crippen molar-refractivity contribution in [2.75, 3.05) is 24.5 Å². The number of anilines is 1. The van der Waals surface area contributed by atoms with Gasteiger partial charge in [0.2, 0.25) is 0 Å². The van der Waals surface area contributed by atoms with Gasteiger partial charge in [0.1, 0.15) is 5.82 Å². The molecule has 0 heterocycles. The predicted octanol–water partition coefficient (Wildman–Crippen LogP) is 2.18. The van der Waals surface area contributed by atoms with Crippen LogP contribution in [-0.2, 0) is 11.3 Å². The second kappa shape index (κ2) is 8.12. The Morgan fingerprint density at radius 1 is 1.35 bits per heavy atom. The number of carbonyl (C=O) groups is 1. The van der Waals surface area contributed by atoms with Gasteiger partial charge in [0.05, 0.1) is 12.2 Å². The molecule has 0 saturated heterocycles. The molecule has 1 aromatic rings. The Morgan fingerprint density at radius 2 is 2.00 bits per heavy atom. The van der Waals surface area contributed by atoms with Gasteiger partial charge in [-0.25, -0.2) is 4.39 Å². The summed E-state index contributed by atoms with van der Waals surface area (Å²) in [6.45, 7) is 8.57. The largest absolute Gasteiger partial charge is 0.480 e. The minimum absolute atomic E-state index is 0.129. The average molecular weight is 278 g/mol.